The number of nitrogens with zero attached hydrogens (tertiary/aromatic N) is 1. The average Bonchev–Trinajstić information content (AvgIpc) is 3.30. The number of halogens is 1. The summed E-state index contributed by atoms with van der Waals surface area (Å²) in [6, 6.07) is 16.2. The molecule has 1 spiro atoms. The lowest BCUT2D eigenvalue weighted by atomic mass is 9.95. The molecule has 1 heterocycles. The van der Waals surface area contributed by atoms with E-state index < -0.39 is 6.10 Å². The Morgan fingerprint density at radius 3 is 2.53 bits per heavy atom. The van der Waals surface area contributed by atoms with Crippen molar-refractivity contribution in [3.05, 3.63) is 66.0 Å². The van der Waals surface area contributed by atoms with Crippen LogP contribution < -0.4 is 10.1 Å². The Hall–Kier alpha value is -2.97. The number of carbonyl (C=O) groups excluding carboxylic acids is 1. The maximum Gasteiger partial charge on any atom is 0.290 e. The van der Waals surface area contributed by atoms with Gasteiger partial charge < -0.3 is 20.3 Å². The number of rotatable bonds is 7. The molecule has 1 aliphatic carbocycles. The number of aliphatic hydroxyl groups is 1. The Labute approximate surface area is 186 Å². The van der Waals surface area contributed by atoms with Crippen molar-refractivity contribution in [1.29, 1.82) is 0 Å². The second-order valence-electron chi connectivity index (χ2n) is 8.20. The monoisotopic (exact) mass is 444 g/mol. The number of likely N-dealkylation sites (tertiary alicyclic amines) is 1. The van der Waals surface area contributed by atoms with Gasteiger partial charge >= 0.3 is 0 Å². The number of β-amino-alcohol motifs (C(OH)–C–C–N with tert-alkyl or cyclic N) is 1. The maximum absolute atomic E-state index is 13.0. The molecule has 1 saturated carbocycles. The van der Waals surface area contributed by atoms with Crippen molar-refractivity contribution >= 4 is 12.4 Å². The van der Waals surface area contributed by atoms with E-state index in [4.69, 9.17) is 14.6 Å². The topological polar surface area (TPSA) is 99.1 Å². The van der Waals surface area contributed by atoms with E-state index >= 15 is 0 Å². The number of hydrogen-bond acceptors (Lipinski definition) is 5. The average molecular weight is 445 g/mol. The summed E-state index contributed by atoms with van der Waals surface area (Å²) < 4.78 is 18.7. The minimum absolute atomic E-state index is 0.0455. The minimum atomic E-state index is -0.447. The Morgan fingerprint density at radius 2 is 1.91 bits per heavy atom. The molecule has 0 radical (unpaired) electrons. The highest BCUT2D eigenvalue weighted by Gasteiger charge is 2.70. The van der Waals surface area contributed by atoms with Crippen LogP contribution in [-0.2, 0) is 9.59 Å². The van der Waals surface area contributed by atoms with Crippen molar-refractivity contribution in [1.82, 2.24) is 10.2 Å². The zero-order valence-corrected chi connectivity index (χ0v) is 18.0. The number of amides is 1. The lowest BCUT2D eigenvalue weighted by Gasteiger charge is -2.17. The molecule has 1 amide bonds. The predicted molar refractivity (Wildman–Crippen MR) is 117 cm³/mol. The fourth-order valence-electron chi connectivity index (χ4n) is 4.94. The molecule has 0 aromatic heterocycles. The molecule has 4 atom stereocenters. The third kappa shape index (κ3) is 5.26. The summed E-state index contributed by atoms with van der Waals surface area (Å²) in [5.41, 5.74) is 0.978. The molecule has 8 heteroatoms. The van der Waals surface area contributed by atoms with Gasteiger partial charge in [0.2, 0.25) is 5.91 Å². The van der Waals surface area contributed by atoms with Crippen molar-refractivity contribution < 1.29 is 28.9 Å². The third-order valence-corrected chi connectivity index (χ3v) is 6.33. The molecule has 7 nitrogen and oxygen atoms in total. The maximum atomic E-state index is 13.0. The number of benzene rings is 2. The van der Waals surface area contributed by atoms with Crippen LogP contribution in [0.5, 0.6) is 5.75 Å². The zero-order valence-electron chi connectivity index (χ0n) is 18.0. The molecule has 2 aliphatic rings. The number of carbonyl (C=O) groups is 2. The molecule has 2 fully saturated rings. The summed E-state index contributed by atoms with van der Waals surface area (Å²) in [6.07, 6.45) is -0.447. The van der Waals surface area contributed by atoms with Crippen LogP contribution in [0, 0.1) is 17.2 Å². The number of ether oxygens (including phenoxy) is 1. The molecule has 0 bridgehead atoms. The number of carboxylic acid groups (broad SMARTS) is 1. The van der Waals surface area contributed by atoms with Crippen LogP contribution in [-0.4, -0.2) is 66.4 Å². The zero-order chi connectivity index (χ0) is 23.1. The van der Waals surface area contributed by atoms with E-state index in [0.717, 1.165) is 6.54 Å². The predicted octanol–water partition coefficient (Wildman–Crippen LogP) is 2.12. The summed E-state index contributed by atoms with van der Waals surface area (Å²) >= 11 is 0. The molecule has 1 saturated heterocycles. The van der Waals surface area contributed by atoms with Crippen LogP contribution in [0.25, 0.3) is 0 Å². The van der Waals surface area contributed by atoms with Gasteiger partial charge in [-0.15, -0.1) is 0 Å². The van der Waals surface area contributed by atoms with Crippen molar-refractivity contribution in [2.45, 2.75) is 18.9 Å². The van der Waals surface area contributed by atoms with E-state index in [2.05, 4.69) is 22.3 Å². The van der Waals surface area contributed by atoms with Gasteiger partial charge in [0.05, 0.1) is 6.10 Å². The molecule has 2 aromatic rings. The van der Waals surface area contributed by atoms with Crippen LogP contribution in [0.3, 0.4) is 0 Å². The Morgan fingerprint density at radius 1 is 1.25 bits per heavy atom. The summed E-state index contributed by atoms with van der Waals surface area (Å²) in [4.78, 5) is 22.0. The molecule has 0 unspecified atom stereocenters. The highest BCUT2D eigenvalue weighted by molar-refractivity contribution is 5.72. The van der Waals surface area contributed by atoms with Gasteiger partial charge in [0.15, 0.2) is 0 Å². The number of aliphatic hydroxyl groups excluding tert-OH is 1. The van der Waals surface area contributed by atoms with Crippen molar-refractivity contribution in [2.24, 2.45) is 11.3 Å². The Kier molecular flexibility index (Phi) is 7.82. The van der Waals surface area contributed by atoms with Gasteiger partial charge in [-0.2, -0.15) is 0 Å². The van der Waals surface area contributed by atoms with Crippen LogP contribution >= 0.6 is 0 Å². The molecule has 1 aliphatic heterocycles. The van der Waals surface area contributed by atoms with Crippen LogP contribution in [0.4, 0.5) is 4.39 Å². The summed E-state index contributed by atoms with van der Waals surface area (Å²) in [5.74, 6) is 0.752. The summed E-state index contributed by atoms with van der Waals surface area (Å²) in [5, 5.41) is 20.8. The van der Waals surface area contributed by atoms with Gasteiger partial charge in [-0.3, -0.25) is 14.5 Å². The van der Waals surface area contributed by atoms with Gasteiger partial charge in [0.1, 0.15) is 18.2 Å². The van der Waals surface area contributed by atoms with E-state index in [9.17, 15) is 14.3 Å². The fourth-order valence-corrected chi connectivity index (χ4v) is 4.94. The second-order valence-corrected chi connectivity index (χ2v) is 8.20. The fraction of sp³-hybridized carbons (Fsp3) is 0.417. The lowest BCUT2D eigenvalue weighted by molar-refractivity contribution is -0.123. The molecule has 2 aromatic carbocycles. The van der Waals surface area contributed by atoms with Gasteiger partial charge in [-0.25, -0.2) is 4.39 Å². The smallest absolute Gasteiger partial charge is 0.290 e. The molecular formula is C24H29FN2O5. The van der Waals surface area contributed by atoms with Gasteiger partial charge in [-0.05, 0) is 41.7 Å². The van der Waals surface area contributed by atoms with Gasteiger partial charge in [0.25, 0.3) is 6.47 Å². The van der Waals surface area contributed by atoms with E-state index in [-0.39, 0.29) is 35.4 Å². The first kappa shape index (κ1) is 23.7. The number of nitrogens with one attached hydrogen (secondary N) is 1. The highest BCUT2D eigenvalue weighted by atomic mass is 19.1. The molecule has 3 N–H and O–H groups in total. The minimum Gasteiger partial charge on any atom is -0.492 e. The second kappa shape index (κ2) is 10.6. The third-order valence-electron chi connectivity index (χ3n) is 6.33. The van der Waals surface area contributed by atoms with Crippen LogP contribution in [0.2, 0.25) is 0 Å². The summed E-state index contributed by atoms with van der Waals surface area (Å²) in [7, 11) is 0. The largest absolute Gasteiger partial charge is 0.492 e. The van der Waals surface area contributed by atoms with Gasteiger partial charge in [-0.1, -0.05) is 30.3 Å². The highest BCUT2D eigenvalue weighted by Crippen LogP contribution is 2.68. The normalized spacial score (nSPS) is 26.2. The molecule has 32 heavy (non-hydrogen) atoms. The van der Waals surface area contributed by atoms with E-state index in [1.165, 1.54) is 24.6 Å². The Bertz CT molecular complexity index is 895. The standard InChI is InChI=1S/C23H27FN2O3.CH2O2/c1-16(27)25-13-20-22(17-5-3-2-4-6-17)23(20)15-26(14-21(23)28)11-12-29-19-9-7-18(24)8-10-19;2-1-3/h2-10,20-22,28H,11-15H2,1H3,(H,25,27);1H,(H,2,3)/t20-,21-,22-,23-;/m1./s1. The first-order chi connectivity index (χ1) is 15.4. The number of hydrogen-bond donors (Lipinski definition) is 3. The van der Waals surface area contributed by atoms with Crippen molar-refractivity contribution in [3.63, 3.8) is 0 Å². The van der Waals surface area contributed by atoms with Gasteiger partial charge in [0, 0.05) is 38.5 Å². The summed E-state index contributed by atoms with van der Waals surface area (Å²) in [6.45, 7) is 4.37. The first-order valence-corrected chi connectivity index (χ1v) is 10.6. The SMILES string of the molecule is CC(=O)NC[C@@H]1[C@@H](c2ccccc2)[C@]12CN(CCOc1ccc(F)cc1)C[C@H]2O.O=CO. The van der Waals surface area contributed by atoms with Crippen LogP contribution in [0.15, 0.2) is 54.6 Å². The molecular weight excluding hydrogens is 415 g/mol. The quantitative estimate of drug-likeness (QED) is 0.566. The lowest BCUT2D eigenvalue weighted by Crippen LogP contribution is -2.29. The van der Waals surface area contributed by atoms with Crippen molar-refractivity contribution in [2.75, 3.05) is 32.8 Å². The van der Waals surface area contributed by atoms with Crippen LogP contribution in [0.1, 0.15) is 18.4 Å². The van der Waals surface area contributed by atoms with Crippen molar-refractivity contribution in [3.8, 4) is 5.75 Å². The van der Waals surface area contributed by atoms with E-state index in [1.807, 2.05) is 18.2 Å². The van der Waals surface area contributed by atoms with E-state index in [0.29, 0.717) is 32.0 Å². The van der Waals surface area contributed by atoms with E-state index in [1.54, 1.807) is 12.1 Å². The first-order valence-electron chi connectivity index (χ1n) is 10.6. The Balaban J connectivity index is 0.000000913. The molecule has 172 valence electrons. The molecule has 4 rings (SSSR count).